The third-order valence-electron chi connectivity index (χ3n) is 4.66. The van der Waals surface area contributed by atoms with Gasteiger partial charge in [0.1, 0.15) is 0 Å². The largest absolute Gasteiger partial charge is 0.303 e. The highest BCUT2D eigenvalue weighted by atomic mass is 32.2. The van der Waals surface area contributed by atoms with Crippen LogP contribution in [0.5, 0.6) is 0 Å². The third kappa shape index (κ3) is 3.51. The van der Waals surface area contributed by atoms with Crippen LogP contribution in [-0.4, -0.2) is 74.9 Å². The first kappa shape index (κ1) is 15.9. The molecule has 6 heteroatoms. The molecule has 1 aromatic rings. The lowest BCUT2D eigenvalue weighted by atomic mass is 10.1. The van der Waals surface area contributed by atoms with Crippen molar-refractivity contribution in [2.45, 2.75) is 18.7 Å². The van der Waals surface area contributed by atoms with Gasteiger partial charge >= 0.3 is 0 Å². The summed E-state index contributed by atoms with van der Waals surface area (Å²) in [6, 6.07) is 8.38. The Labute approximate surface area is 133 Å². The number of piperazine rings is 1. The van der Waals surface area contributed by atoms with Crippen molar-refractivity contribution in [3.63, 3.8) is 0 Å². The molecule has 3 rings (SSSR count). The Morgan fingerprint density at radius 2 is 1.82 bits per heavy atom. The van der Waals surface area contributed by atoms with Gasteiger partial charge in [-0.2, -0.15) is 4.31 Å². The van der Waals surface area contributed by atoms with Crippen molar-refractivity contribution in [2.75, 3.05) is 46.3 Å². The Morgan fingerprint density at radius 3 is 2.41 bits per heavy atom. The van der Waals surface area contributed by atoms with E-state index in [9.17, 15) is 8.42 Å². The van der Waals surface area contributed by atoms with Crippen molar-refractivity contribution < 1.29 is 8.42 Å². The van der Waals surface area contributed by atoms with Gasteiger partial charge in [-0.05, 0) is 19.5 Å². The number of likely N-dealkylation sites (N-methyl/N-ethyl adjacent to an activating group) is 1. The fraction of sp³-hybridized carbons (Fsp3) is 0.625. The van der Waals surface area contributed by atoms with Crippen LogP contribution in [0.4, 0.5) is 0 Å². The van der Waals surface area contributed by atoms with Gasteiger partial charge in [0.05, 0.1) is 5.75 Å². The van der Waals surface area contributed by atoms with Gasteiger partial charge in [0.15, 0.2) is 0 Å². The molecule has 0 bridgehead atoms. The van der Waals surface area contributed by atoms with Gasteiger partial charge in [0.25, 0.3) is 0 Å². The minimum Gasteiger partial charge on any atom is -0.303 e. The van der Waals surface area contributed by atoms with Gasteiger partial charge < -0.3 is 4.90 Å². The molecular formula is C16H25N3O2S. The Morgan fingerprint density at radius 1 is 1.14 bits per heavy atom. The van der Waals surface area contributed by atoms with Crippen molar-refractivity contribution in [3.8, 4) is 0 Å². The molecule has 122 valence electrons. The van der Waals surface area contributed by atoms with Gasteiger partial charge in [-0.1, -0.05) is 29.8 Å². The van der Waals surface area contributed by atoms with E-state index in [4.69, 9.17) is 0 Å². The second-order valence-electron chi connectivity index (χ2n) is 6.56. The molecule has 2 fully saturated rings. The molecule has 0 amide bonds. The predicted molar refractivity (Wildman–Crippen MR) is 88.2 cm³/mol. The molecule has 0 N–H and O–H groups in total. The second-order valence-corrected chi connectivity index (χ2v) is 8.52. The maximum absolute atomic E-state index is 12.6. The Bertz CT molecular complexity index is 618. The molecule has 2 aliphatic rings. The van der Waals surface area contributed by atoms with Crippen molar-refractivity contribution in [1.82, 2.24) is 14.1 Å². The number of hydrogen-bond donors (Lipinski definition) is 0. The van der Waals surface area contributed by atoms with E-state index in [2.05, 4.69) is 16.8 Å². The number of sulfonamides is 1. The molecule has 0 unspecified atom stereocenters. The van der Waals surface area contributed by atoms with Gasteiger partial charge in [-0.25, -0.2) is 8.42 Å². The van der Waals surface area contributed by atoms with Gasteiger partial charge in [-0.15, -0.1) is 0 Å². The van der Waals surface area contributed by atoms with E-state index in [1.807, 2.05) is 31.2 Å². The number of nitrogens with zero attached hydrogens (tertiary/aromatic N) is 3. The van der Waals surface area contributed by atoms with Crippen LogP contribution in [0.1, 0.15) is 11.1 Å². The molecule has 1 aromatic carbocycles. The predicted octanol–water partition coefficient (Wildman–Crippen LogP) is 0.756. The number of benzene rings is 1. The molecule has 0 saturated carbocycles. The second kappa shape index (κ2) is 6.28. The Kier molecular flexibility index (Phi) is 4.54. The summed E-state index contributed by atoms with van der Waals surface area (Å²) in [7, 11) is -1.08. The highest BCUT2D eigenvalue weighted by Crippen LogP contribution is 2.18. The average Bonchev–Trinajstić information content (AvgIpc) is 2.44. The maximum Gasteiger partial charge on any atom is 0.218 e. The van der Waals surface area contributed by atoms with Crippen LogP contribution in [0, 0.1) is 6.92 Å². The fourth-order valence-electron chi connectivity index (χ4n) is 3.35. The normalized spacial score (nSPS) is 22.6. The van der Waals surface area contributed by atoms with E-state index in [1.165, 1.54) is 0 Å². The first-order valence-electron chi connectivity index (χ1n) is 7.90. The van der Waals surface area contributed by atoms with E-state index >= 15 is 0 Å². The Hall–Kier alpha value is -0.950. The van der Waals surface area contributed by atoms with E-state index < -0.39 is 10.0 Å². The molecule has 0 aliphatic carbocycles. The van der Waals surface area contributed by atoms with Gasteiger partial charge in [0.2, 0.25) is 10.0 Å². The highest BCUT2D eigenvalue weighted by Gasteiger charge is 2.34. The average molecular weight is 323 g/mol. The number of rotatable bonds is 4. The molecule has 0 radical (unpaired) electrons. The van der Waals surface area contributed by atoms with Crippen molar-refractivity contribution >= 4 is 10.0 Å². The fourth-order valence-corrected chi connectivity index (χ4v) is 4.85. The van der Waals surface area contributed by atoms with Gasteiger partial charge in [-0.3, -0.25) is 4.90 Å². The summed E-state index contributed by atoms with van der Waals surface area (Å²) in [6.45, 7) is 7.15. The first-order valence-corrected chi connectivity index (χ1v) is 9.51. The van der Waals surface area contributed by atoms with E-state index in [0.717, 1.165) is 37.3 Å². The van der Waals surface area contributed by atoms with Crippen LogP contribution in [0.2, 0.25) is 0 Å². The van der Waals surface area contributed by atoms with E-state index in [0.29, 0.717) is 19.1 Å². The lowest BCUT2D eigenvalue weighted by molar-refractivity contribution is 0.0324. The van der Waals surface area contributed by atoms with Crippen LogP contribution >= 0.6 is 0 Å². The summed E-state index contributed by atoms with van der Waals surface area (Å²) in [4.78, 5) is 4.73. The first-order chi connectivity index (χ1) is 10.4. The molecule has 5 nitrogen and oxygen atoms in total. The summed E-state index contributed by atoms with van der Waals surface area (Å²) >= 11 is 0. The Balaban J connectivity index is 1.57. The zero-order valence-corrected chi connectivity index (χ0v) is 14.2. The number of hydrogen-bond acceptors (Lipinski definition) is 4. The molecule has 2 aliphatic heterocycles. The van der Waals surface area contributed by atoms with Crippen LogP contribution < -0.4 is 0 Å². The molecule has 0 atom stereocenters. The highest BCUT2D eigenvalue weighted by molar-refractivity contribution is 7.88. The third-order valence-corrected chi connectivity index (χ3v) is 6.51. The lowest BCUT2D eigenvalue weighted by Gasteiger charge is -2.46. The number of likely N-dealkylation sites (tertiary alicyclic amines) is 1. The SMILES string of the molecule is Cc1cccc(CS(=O)(=O)N2CCN(C3CN(C)C3)CC2)c1. The summed E-state index contributed by atoms with van der Waals surface area (Å²) in [5.74, 6) is 0.112. The van der Waals surface area contributed by atoms with E-state index in [1.54, 1.807) is 4.31 Å². The number of aryl methyl sites for hydroxylation is 1. The quantitative estimate of drug-likeness (QED) is 0.820. The van der Waals surface area contributed by atoms with E-state index in [-0.39, 0.29) is 5.75 Å². The summed E-state index contributed by atoms with van der Waals surface area (Å²) in [5.41, 5.74) is 1.98. The summed E-state index contributed by atoms with van der Waals surface area (Å²) in [6.07, 6.45) is 0. The van der Waals surface area contributed by atoms with Crippen LogP contribution in [0.25, 0.3) is 0 Å². The summed E-state index contributed by atoms with van der Waals surface area (Å²) < 4.78 is 26.8. The molecular weight excluding hydrogens is 298 g/mol. The van der Waals surface area contributed by atoms with Gasteiger partial charge in [0, 0.05) is 45.3 Å². The standard InChI is InChI=1S/C16H25N3O2S/c1-14-4-3-5-15(10-14)13-22(20,21)19-8-6-18(7-9-19)16-11-17(2)12-16/h3-5,10,16H,6-9,11-13H2,1-2H3. The van der Waals surface area contributed by atoms with Crippen LogP contribution in [-0.2, 0) is 15.8 Å². The topological polar surface area (TPSA) is 43.9 Å². The smallest absolute Gasteiger partial charge is 0.218 e. The van der Waals surface area contributed by atoms with Crippen LogP contribution in [0.15, 0.2) is 24.3 Å². The molecule has 2 saturated heterocycles. The van der Waals surface area contributed by atoms with Crippen molar-refractivity contribution in [1.29, 1.82) is 0 Å². The monoisotopic (exact) mass is 323 g/mol. The minimum absolute atomic E-state index is 0.112. The molecule has 0 aromatic heterocycles. The zero-order chi connectivity index (χ0) is 15.7. The summed E-state index contributed by atoms with van der Waals surface area (Å²) in [5, 5.41) is 0. The zero-order valence-electron chi connectivity index (χ0n) is 13.4. The molecule has 0 spiro atoms. The van der Waals surface area contributed by atoms with Crippen molar-refractivity contribution in [3.05, 3.63) is 35.4 Å². The minimum atomic E-state index is -3.21. The molecule has 22 heavy (non-hydrogen) atoms. The van der Waals surface area contributed by atoms with Crippen LogP contribution in [0.3, 0.4) is 0 Å². The molecule has 2 heterocycles. The van der Waals surface area contributed by atoms with Crippen molar-refractivity contribution in [2.24, 2.45) is 0 Å². The lowest BCUT2D eigenvalue weighted by Crippen LogP contribution is -2.62. The maximum atomic E-state index is 12.6.